The van der Waals surface area contributed by atoms with Crippen molar-refractivity contribution >= 4 is 28.6 Å². The van der Waals surface area contributed by atoms with Gasteiger partial charge in [0.1, 0.15) is 5.75 Å². The van der Waals surface area contributed by atoms with Gasteiger partial charge in [0.25, 0.3) is 0 Å². The number of rotatable bonds is 5. The van der Waals surface area contributed by atoms with E-state index in [2.05, 4.69) is 27.9 Å². The quantitative estimate of drug-likeness (QED) is 0.372. The predicted molar refractivity (Wildman–Crippen MR) is 81.3 cm³/mol. The Labute approximate surface area is 127 Å². The molecule has 1 aromatic carbocycles. The molecular formula is C14H18INO3. The second kappa shape index (κ2) is 7.69. The fourth-order valence-electron chi connectivity index (χ4n) is 2.01. The van der Waals surface area contributed by atoms with Crippen LogP contribution in [0.15, 0.2) is 24.3 Å². The zero-order valence-electron chi connectivity index (χ0n) is 10.7. The second-order valence-electron chi connectivity index (χ2n) is 4.53. The van der Waals surface area contributed by atoms with Gasteiger partial charge in [0, 0.05) is 4.43 Å². The summed E-state index contributed by atoms with van der Waals surface area (Å²) >= 11 is 2.31. The van der Waals surface area contributed by atoms with Crippen LogP contribution in [-0.4, -0.2) is 25.9 Å². The molecule has 1 aromatic rings. The molecule has 5 heteroatoms. The topological polar surface area (TPSA) is 47.6 Å². The number of halogens is 1. The van der Waals surface area contributed by atoms with E-state index in [1.54, 1.807) is 0 Å². The molecule has 19 heavy (non-hydrogen) atoms. The van der Waals surface area contributed by atoms with Crippen LogP contribution in [0.5, 0.6) is 5.75 Å². The van der Waals surface area contributed by atoms with Crippen LogP contribution >= 0.6 is 22.6 Å². The zero-order chi connectivity index (χ0) is 13.5. The maximum absolute atomic E-state index is 11.8. The number of hydrogen-bond donors (Lipinski definition) is 1. The SMILES string of the molecule is O=C(OCOc1ccc(CI)cc1)C1CCNCC1. The third-order valence-electron chi connectivity index (χ3n) is 3.18. The van der Waals surface area contributed by atoms with Crippen LogP contribution in [0, 0.1) is 5.92 Å². The highest BCUT2D eigenvalue weighted by atomic mass is 127. The Hall–Kier alpha value is -0.820. The van der Waals surface area contributed by atoms with Gasteiger partial charge in [0.2, 0.25) is 6.79 Å². The van der Waals surface area contributed by atoms with E-state index >= 15 is 0 Å². The zero-order valence-corrected chi connectivity index (χ0v) is 12.9. The number of nitrogens with one attached hydrogen (secondary N) is 1. The minimum Gasteiger partial charge on any atom is -0.457 e. The minimum atomic E-state index is -0.148. The summed E-state index contributed by atoms with van der Waals surface area (Å²) in [5.74, 6) is 0.600. The molecule has 1 fully saturated rings. The van der Waals surface area contributed by atoms with E-state index < -0.39 is 0 Å². The number of carbonyl (C=O) groups excluding carboxylic acids is 1. The molecule has 0 unspecified atom stereocenters. The van der Waals surface area contributed by atoms with Crippen LogP contribution < -0.4 is 10.1 Å². The van der Waals surface area contributed by atoms with Crippen LogP contribution in [0.1, 0.15) is 18.4 Å². The molecule has 0 saturated carbocycles. The van der Waals surface area contributed by atoms with Crippen LogP contribution in [-0.2, 0) is 14.0 Å². The van der Waals surface area contributed by atoms with Gasteiger partial charge in [0.15, 0.2) is 0 Å². The van der Waals surface area contributed by atoms with E-state index in [1.165, 1.54) is 5.56 Å². The molecule has 104 valence electrons. The number of esters is 1. The van der Waals surface area contributed by atoms with Crippen LogP contribution in [0.25, 0.3) is 0 Å². The van der Waals surface area contributed by atoms with E-state index in [4.69, 9.17) is 9.47 Å². The molecule has 2 rings (SSSR count). The van der Waals surface area contributed by atoms with Crippen molar-refractivity contribution in [2.45, 2.75) is 17.3 Å². The number of piperidine rings is 1. The summed E-state index contributed by atoms with van der Waals surface area (Å²) < 4.78 is 11.5. The molecule has 0 aliphatic carbocycles. The van der Waals surface area contributed by atoms with Crippen molar-refractivity contribution in [1.82, 2.24) is 5.32 Å². The fourth-order valence-corrected chi connectivity index (χ4v) is 2.51. The monoisotopic (exact) mass is 375 g/mol. The summed E-state index contributed by atoms with van der Waals surface area (Å²) in [4.78, 5) is 11.8. The van der Waals surface area contributed by atoms with Gasteiger partial charge in [-0.2, -0.15) is 0 Å². The molecule has 0 bridgehead atoms. The maximum atomic E-state index is 11.8. The van der Waals surface area contributed by atoms with Gasteiger partial charge in [-0.3, -0.25) is 4.79 Å². The van der Waals surface area contributed by atoms with Crippen molar-refractivity contribution in [3.05, 3.63) is 29.8 Å². The molecule has 0 radical (unpaired) electrons. The first-order chi connectivity index (χ1) is 9.29. The number of alkyl halides is 1. The lowest BCUT2D eigenvalue weighted by atomic mass is 9.99. The average molecular weight is 375 g/mol. The standard InChI is InChI=1S/C14H18INO3/c15-9-11-1-3-13(4-2-11)18-10-19-14(17)12-5-7-16-8-6-12/h1-4,12,16H,5-10H2. The van der Waals surface area contributed by atoms with Crippen molar-refractivity contribution in [1.29, 1.82) is 0 Å². The Morgan fingerprint density at radius 3 is 2.58 bits per heavy atom. The highest BCUT2D eigenvalue weighted by Crippen LogP contribution is 2.16. The summed E-state index contributed by atoms with van der Waals surface area (Å²) in [7, 11) is 0. The van der Waals surface area contributed by atoms with Gasteiger partial charge in [-0.25, -0.2) is 0 Å². The lowest BCUT2D eigenvalue weighted by Gasteiger charge is -2.20. The van der Waals surface area contributed by atoms with E-state index in [-0.39, 0.29) is 18.7 Å². The molecule has 0 amide bonds. The van der Waals surface area contributed by atoms with Crippen molar-refractivity contribution in [2.24, 2.45) is 5.92 Å². The maximum Gasteiger partial charge on any atom is 0.311 e. The summed E-state index contributed by atoms with van der Waals surface area (Å²) in [5, 5.41) is 3.22. The van der Waals surface area contributed by atoms with Crippen molar-refractivity contribution in [3.8, 4) is 5.75 Å². The Kier molecular flexibility index (Phi) is 5.91. The van der Waals surface area contributed by atoms with Gasteiger partial charge in [-0.1, -0.05) is 34.7 Å². The van der Waals surface area contributed by atoms with Gasteiger partial charge >= 0.3 is 5.97 Å². The number of hydrogen-bond acceptors (Lipinski definition) is 4. The van der Waals surface area contributed by atoms with E-state index in [0.29, 0.717) is 0 Å². The molecule has 0 atom stereocenters. The molecular weight excluding hydrogens is 357 g/mol. The van der Waals surface area contributed by atoms with Crippen molar-refractivity contribution in [3.63, 3.8) is 0 Å². The smallest absolute Gasteiger partial charge is 0.311 e. The molecule has 1 aliphatic heterocycles. The Bertz CT molecular complexity index is 402. The molecule has 1 aliphatic rings. The average Bonchev–Trinajstić information content (AvgIpc) is 2.49. The lowest BCUT2D eigenvalue weighted by Crippen LogP contribution is -2.33. The van der Waals surface area contributed by atoms with Crippen molar-refractivity contribution < 1.29 is 14.3 Å². The summed E-state index contributed by atoms with van der Waals surface area (Å²) in [5.41, 5.74) is 1.25. The molecule has 4 nitrogen and oxygen atoms in total. The highest BCUT2D eigenvalue weighted by Gasteiger charge is 2.22. The van der Waals surface area contributed by atoms with E-state index in [0.717, 1.165) is 36.1 Å². The normalized spacial score (nSPS) is 16.1. The predicted octanol–water partition coefficient (Wildman–Crippen LogP) is 2.50. The van der Waals surface area contributed by atoms with Crippen LogP contribution in [0.2, 0.25) is 0 Å². The van der Waals surface area contributed by atoms with Gasteiger partial charge in [-0.15, -0.1) is 0 Å². The number of benzene rings is 1. The number of carbonyl (C=O) groups is 1. The van der Waals surface area contributed by atoms with Gasteiger partial charge in [0.05, 0.1) is 5.92 Å². The third-order valence-corrected chi connectivity index (χ3v) is 4.06. The molecule has 0 spiro atoms. The molecule has 0 aromatic heterocycles. The van der Waals surface area contributed by atoms with Crippen molar-refractivity contribution in [2.75, 3.05) is 19.9 Å². The Morgan fingerprint density at radius 1 is 1.26 bits per heavy atom. The summed E-state index contributed by atoms with van der Waals surface area (Å²) in [6.45, 7) is 1.77. The first-order valence-corrected chi connectivity index (χ1v) is 7.97. The number of ether oxygens (including phenoxy) is 2. The van der Waals surface area contributed by atoms with Gasteiger partial charge in [-0.05, 0) is 43.6 Å². The van der Waals surface area contributed by atoms with E-state index in [1.807, 2.05) is 24.3 Å². The van der Waals surface area contributed by atoms with Gasteiger partial charge < -0.3 is 14.8 Å². The Balaban J connectivity index is 1.71. The first-order valence-electron chi connectivity index (χ1n) is 6.44. The summed E-state index contributed by atoms with van der Waals surface area (Å²) in [6.07, 6.45) is 1.70. The van der Waals surface area contributed by atoms with Crippen LogP contribution in [0.4, 0.5) is 0 Å². The highest BCUT2D eigenvalue weighted by molar-refractivity contribution is 14.1. The van der Waals surface area contributed by atoms with E-state index in [9.17, 15) is 4.79 Å². The minimum absolute atomic E-state index is 0.00760. The molecule has 1 saturated heterocycles. The Morgan fingerprint density at radius 2 is 1.95 bits per heavy atom. The second-order valence-corrected chi connectivity index (χ2v) is 5.29. The summed E-state index contributed by atoms with van der Waals surface area (Å²) in [6, 6.07) is 7.81. The lowest BCUT2D eigenvalue weighted by molar-refractivity contribution is -0.156. The fraction of sp³-hybridized carbons (Fsp3) is 0.500. The molecule has 1 heterocycles. The third kappa shape index (κ3) is 4.65. The first kappa shape index (κ1) is 14.6. The van der Waals surface area contributed by atoms with Crippen LogP contribution in [0.3, 0.4) is 0 Å². The molecule has 1 N–H and O–H groups in total. The largest absolute Gasteiger partial charge is 0.457 e.